The van der Waals surface area contributed by atoms with E-state index in [0.29, 0.717) is 0 Å². The van der Waals surface area contributed by atoms with Crippen LogP contribution in [0.3, 0.4) is 0 Å². The molecular formula is C16H17N2O5. The van der Waals surface area contributed by atoms with Gasteiger partial charge >= 0.3 is 5.97 Å². The molecule has 0 spiro atoms. The molecule has 2 amide bonds. The zero-order valence-corrected chi connectivity index (χ0v) is 12.7. The zero-order chi connectivity index (χ0) is 17.1. The van der Waals surface area contributed by atoms with Crippen molar-refractivity contribution in [3.8, 4) is 0 Å². The lowest BCUT2D eigenvalue weighted by molar-refractivity contribution is -0.148. The van der Waals surface area contributed by atoms with Gasteiger partial charge in [0.1, 0.15) is 13.0 Å². The van der Waals surface area contributed by atoms with E-state index >= 15 is 0 Å². The maximum atomic E-state index is 12.0. The van der Waals surface area contributed by atoms with Crippen LogP contribution in [0, 0.1) is 0 Å². The molecular weight excluding hydrogens is 300 g/mol. The van der Waals surface area contributed by atoms with Gasteiger partial charge in [-0.2, -0.15) is 0 Å². The Morgan fingerprint density at radius 2 is 1.96 bits per heavy atom. The second-order valence-electron chi connectivity index (χ2n) is 4.33. The summed E-state index contributed by atoms with van der Waals surface area (Å²) in [4.78, 5) is 45.3. The molecule has 1 aromatic carbocycles. The van der Waals surface area contributed by atoms with Crippen LogP contribution in [0.1, 0.15) is 18.9 Å². The number of hydrogen-bond donors (Lipinski definition) is 1. The van der Waals surface area contributed by atoms with Crippen LogP contribution in [0.2, 0.25) is 0 Å². The first kappa shape index (κ1) is 18.1. The van der Waals surface area contributed by atoms with Crippen LogP contribution in [0.5, 0.6) is 0 Å². The highest BCUT2D eigenvalue weighted by Gasteiger charge is 2.16. The summed E-state index contributed by atoms with van der Waals surface area (Å²) >= 11 is 0. The highest BCUT2D eigenvalue weighted by atomic mass is 16.5. The number of rotatable bonds is 7. The monoisotopic (exact) mass is 317 g/mol. The fourth-order valence-electron chi connectivity index (χ4n) is 1.59. The molecule has 0 aliphatic carbocycles. The number of nitrogens with one attached hydrogen (secondary N) is 1. The van der Waals surface area contributed by atoms with Crippen LogP contribution < -0.4 is 5.43 Å². The number of carbonyl (C=O) groups excluding carboxylic acids is 4. The minimum Gasteiger partial charge on any atom is -0.466 e. The number of hydrazine groups is 1. The molecule has 23 heavy (non-hydrogen) atoms. The second-order valence-corrected chi connectivity index (χ2v) is 4.33. The molecule has 0 saturated heterocycles. The Hall–Kier alpha value is -2.96. The van der Waals surface area contributed by atoms with Crippen molar-refractivity contribution in [2.75, 3.05) is 13.2 Å². The van der Waals surface area contributed by atoms with Gasteiger partial charge in [-0.25, -0.2) is 5.01 Å². The largest absolute Gasteiger partial charge is 0.466 e. The third-order valence-electron chi connectivity index (χ3n) is 2.58. The Morgan fingerprint density at radius 1 is 1.26 bits per heavy atom. The Balaban J connectivity index is 2.64. The van der Waals surface area contributed by atoms with E-state index in [1.54, 1.807) is 19.1 Å². The lowest BCUT2D eigenvalue weighted by atomic mass is 10.2. The van der Waals surface area contributed by atoms with Crippen molar-refractivity contribution in [2.45, 2.75) is 13.3 Å². The van der Waals surface area contributed by atoms with Gasteiger partial charge in [-0.3, -0.25) is 24.6 Å². The summed E-state index contributed by atoms with van der Waals surface area (Å²) in [5.74, 6) is -2.08. The van der Waals surface area contributed by atoms with Gasteiger partial charge in [0.25, 0.3) is 5.91 Å². The Labute approximate surface area is 133 Å². The van der Waals surface area contributed by atoms with Gasteiger partial charge in [0, 0.05) is 6.08 Å². The first-order valence-corrected chi connectivity index (χ1v) is 6.91. The summed E-state index contributed by atoms with van der Waals surface area (Å²) in [7, 11) is 0. The van der Waals surface area contributed by atoms with E-state index in [-0.39, 0.29) is 6.61 Å². The lowest BCUT2D eigenvalue weighted by Crippen LogP contribution is -2.47. The van der Waals surface area contributed by atoms with E-state index in [1.165, 1.54) is 18.4 Å². The summed E-state index contributed by atoms with van der Waals surface area (Å²) in [5, 5.41) is 0.772. The van der Waals surface area contributed by atoms with E-state index in [2.05, 4.69) is 10.2 Å². The zero-order valence-electron chi connectivity index (χ0n) is 12.7. The van der Waals surface area contributed by atoms with Gasteiger partial charge in [0.2, 0.25) is 12.2 Å². The van der Waals surface area contributed by atoms with Crippen LogP contribution in [-0.2, 0) is 23.9 Å². The van der Waals surface area contributed by atoms with Crippen molar-refractivity contribution in [3.05, 3.63) is 42.0 Å². The fraction of sp³-hybridized carbons (Fsp3) is 0.250. The Kier molecular flexibility index (Phi) is 7.77. The number of ether oxygens (including phenoxy) is 1. The van der Waals surface area contributed by atoms with Crippen LogP contribution in [-0.4, -0.2) is 42.2 Å². The average molecular weight is 317 g/mol. The number of amides is 2. The molecule has 7 nitrogen and oxygen atoms in total. The molecule has 121 valence electrons. The quantitative estimate of drug-likeness (QED) is 0.344. The van der Waals surface area contributed by atoms with Gasteiger partial charge in [-0.1, -0.05) is 30.3 Å². The lowest BCUT2D eigenvalue weighted by Gasteiger charge is -2.18. The number of benzene rings is 1. The molecule has 0 aliphatic rings. The third kappa shape index (κ3) is 7.03. The first-order valence-electron chi connectivity index (χ1n) is 6.91. The number of nitrogens with zero attached hydrogens (tertiary/aromatic N) is 1. The minimum atomic E-state index is -0.750. The van der Waals surface area contributed by atoms with Crippen molar-refractivity contribution < 1.29 is 23.9 Å². The molecule has 1 rings (SSSR count). The predicted molar refractivity (Wildman–Crippen MR) is 82.3 cm³/mol. The number of carbonyl (C=O) groups is 3. The SMILES string of the molecule is CCOC(=O)CC(=O)NN(C[C]=O)C(=O)/C=C/c1ccccc1. The van der Waals surface area contributed by atoms with Gasteiger partial charge in [-0.15, -0.1) is 0 Å². The van der Waals surface area contributed by atoms with Crippen molar-refractivity contribution in [1.29, 1.82) is 0 Å². The summed E-state index contributed by atoms with van der Waals surface area (Å²) in [6.07, 6.45) is 3.72. The van der Waals surface area contributed by atoms with Crippen LogP contribution in [0.25, 0.3) is 6.08 Å². The van der Waals surface area contributed by atoms with Gasteiger partial charge in [0.05, 0.1) is 6.61 Å². The highest BCUT2D eigenvalue weighted by Crippen LogP contribution is 2.01. The maximum Gasteiger partial charge on any atom is 0.315 e. The topological polar surface area (TPSA) is 92.8 Å². The summed E-state index contributed by atoms with van der Waals surface area (Å²) in [6.45, 7) is 1.31. The molecule has 0 unspecified atom stereocenters. The molecule has 0 aliphatic heterocycles. The molecule has 0 saturated carbocycles. The molecule has 0 aromatic heterocycles. The maximum absolute atomic E-state index is 12.0. The molecule has 0 fully saturated rings. The molecule has 7 heteroatoms. The molecule has 0 atom stereocenters. The number of hydrogen-bond acceptors (Lipinski definition) is 5. The smallest absolute Gasteiger partial charge is 0.315 e. The van der Waals surface area contributed by atoms with Crippen molar-refractivity contribution >= 4 is 30.1 Å². The standard InChI is InChI=1S/C16H17N2O5/c1-2-23-16(22)12-14(20)17-18(10-11-19)15(21)9-8-13-6-4-3-5-7-13/h3-9H,2,10,12H2,1H3,(H,17,20)/b9-8+. The minimum absolute atomic E-state index is 0.149. The molecule has 1 N–H and O–H groups in total. The molecule has 0 bridgehead atoms. The summed E-state index contributed by atoms with van der Waals surface area (Å²) in [6, 6.07) is 9.03. The Morgan fingerprint density at radius 3 is 2.57 bits per heavy atom. The van der Waals surface area contributed by atoms with E-state index in [0.717, 1.165) is 10.6 Å². The Bertz CT molecular complexity index is 583. The fourth-order valence-corrected chi connectivity index (χ4v) is 1.59. The van der Waals surface area contributed by atoms with Crippen LogP contribution >= 0.6 is 0 Å². The highest BCUT2D eigenvalue weighted by molar-refractivity contribution is 5.97. The molecule has 1 radical (unpaired) electrons. The molecule has 0 heterocycles. The third-order valence-corrected chi connectivity index (χ3v) is 2.58. The van der Waals surface area contributed by atoms with Crippen LogP contribution in [0.4, 0.5) is 0 Å². The van der Waals surface area contributed by atoms with E-state index in [1.807, 2.05) is 18.2 Å². The van der Waals surface area contributed by atoms with Crippen molar-refractivity contribution in [3.63, 3.8) is 0 Å². The van der Waals surface area contributed by atoms with Crippen molar-refractivity contribution in [2.24, 2.45) is 0 Å². The van der Waals surface area contributed by atoms with E-state index < -0.39 is 30.7 Å². The van der Waals surface area contributed by atoms with Crippen LogP contribution in [0.15, 0.2) is 36.4 Å². The van der Waals surface area contributed by atoms with E-state index in [4.69, 9.17) is 0 Å². The van der Waals surface area contributed by atoms with E-state index in [9.17, 15) is 19.2 Å². The van der Waals surface area contributed by atoms with Crippen molar-refractivity contribution in [1.82, 2.24) is 10.4 Å². The average Bonchev–Trinajstić information content (AvgIpc) is 2.53. The summed E-state index contributed by atoms with van der Waals surface area (Å²) < 4.78 is 4.63. The first-order chi connectivity index (χ1) is 11.1. The predicted octanol–water partition coefficient (Wildman–Crippen LogP) is 0.622. The number of esters is 1. The van der Waals surface area contributed by atoms with Gasteiger partial charge < -0.3 is 4.74 Å². The normalized spacial score (nSPS) is 10.1. The van der Waals surface area contributed by atoms with Gasteiger partial charge in [-0.05, 0) is 18.6 Å². The summed E-state index contributed by atoms with van der Waals surface area (Å²) in [5.41, 5.74) is 2.96. The van der Waals surface area contributed by atoms with Gasteiger partial charge in [0.15, 0.2) is 0 Å². The molecule has 1 aromatic rings. The second kappa shape index (κ2) is 9.88.